The lowest BCUT2D eigenvalue weighted by atomic mass is 10.2. The summed E-state index contributed by atoms with van der Waals surface area (Å²) >= 11 is 1.58. The van der Waals surface area contributed by atoms with Gasteiger partial charge in [-0.05, 0) is 30.2 Å². The van der Waals surface area contributed by atoms with E-state index < -0.39 is 10.0 Å². The molecular weight excluding hydrogens is 294 g/mol. The third-order valence-corrected chi connectivity index (χ3v) is 5.12. The molecule has 0 radical (unpaired) electrons. The quantitative estimate of drug-likeness (QED) is 0.859. The highest BCUT2D eigenvalue weighted by atomic mass is 32.2. The molecule has 2 aromatic rings. The molecule has 0 bridgehead atoms. The van der Waals surface area contributed by atoms with E-state index in [0.29, 0.717) is 12.1 Å². The first-order chi connectivity index (χ1) is 9.48. The maximum Gasteiger partial charge on any atom is 0.216 e. The highest BCUT2D eigenvalue weighted by Crippen LogP contribution is 2.15. The number of benzene rings is 1. The molecule has 0 atom stereocenters. The van der Waals surface area contributed by atoms with Gasteiger partial charge in [-0.25, -0.2) is 13.1 Å². The molecule has 1 aromatic carbocycles. The molecule has 1 aromatic heterocycles. The molecule has 0 aliphatic rings. The molecule has 6 heteroatoms. The molecule has 2 N–H and O–H groups in total. The Kier molecular flexibility index (Phi) is 4.93. The van der Waals surface area contributed by atoms with Crippen LogP contribution in [0.3, 0.4) is 0 Å². The molecule has 108 valence electrons. The van der Waals surface area contributed by atoms with Crippen molar-refractivity contribution in [2.75, 3.05) is 0 Å². The monoisotopic (exact) mass is 311 g/mol. The molecule has 2 rings (SSSR count). The van der Waals surface area contributed by atoms with Crippen LogP contribution in [0.4, 0.5) is 0 Å². The van der Waals surface area contributed by atoms with Crippen LogP contribution in [0.1, 0.15) is 20.9 Å². The third kappa shape index (κ3) is 4.42. The fraction of sp³-hybridized carbons (Fsp3) is 0.286. The molecule has 1 heterocycles. The van der Waals surface area contributed by atoms with E-state index in [2.05, 4.69) is 4.72 Å². The minimum Gasteiger partial charge on any atom is -0.392 e. The highest BCUT2D eigenvalue weighted by molar-refractivity contribution is 7.88. The summed E-state index contributed by atoms with van der Waals surface area (Å²) in [6.07, 6.45) is 0. The Labute approximate surface area is 123 Å². The number of sulfonamides is 1. The summed E-state index contributed by atoms with van der Waals surface area (Å²) in [6, 6.07) is 10.8. The lowest BCUT2D eigenvalue weighted by Gasteiger charge is -2.06. The molecule has 0 amide bonds. The van der Waals surface area contributed by atoms with E-state index >= 15 is 0 Å². The Balaban J connectivity index is 1.96. The van der Waals surface area contributed by atoms with Gasteiger partial charge in [-0.15, -0.1) is 11.3 Å². The number of aliphatic hydroxyl groups excluding tert-OH is 1. The average molecular weight is 311 g/mol. The molecule has 20 heavy (non-hydrogen) atoms. The van der Waals surface area contributed by atoms with Gasteiger partial charge in [-0.3, -0.25) is 0 Å². The van der Waals surface area contributed by atoms with Gasteiger partial charge in [0.1, 0.15) is 0 Å². The minimum atomic E-state index is -3.35. The summed E-state index contributed by atoms with van der Waals surface area (Å²) in [7, 11) is -3.35. The first kappa shape index (κ1) is 15.2. The van der Waals surface area contributed by atoms with E-state index in [1.807, 2.05) is 19.1 Å². The standard InChI is InChI=1S/C14H17NO3S2/c1-11-2-7-14(19-11)8-15-20(17,18)10-13-5-3-12(9-16)4-6-13/h2-7,15-16H,8-10H2,1H3. The van der Waals surface area contributed by atoms with E-state index in [1.165, 1.54) is 4.88 Å². The summed E-state index contributed by atoms with van der Waals surface area (Å²) in [4.78, 5) is 2.17. The Morgan fingerprint density at radius 3 is 2.30 bits per heavy atom. The Morgan fingerprint density at radius 1 is 1.10 bits per heavy atom. The second-order valence-corrected chi connectivity index (χ2v) is 7.75. The molecule has 4 nitrogen and oxygen atoms in total. The molecule has 0 aliphatic heterocycles. The average Bonchev–Trinajstić information content (AvgIpc) is 2.83. The first-order valence-corrected chi connectivity index (χ1v) is 8.67. The van der Waals surface area contributed by atoms with Crippen molar-refractivity contribution < 1.29 is 13.5 Å². The normalized spacial score (nSPS) is 11.7. The summed E-state index contributed by atoms with van der Waals surface area (Å²) in [5.41, 5.74) is 1.48. The van der Waals surface area contributed by atoms with Crippen LogP contribution < -0.4 is 4.72 Å². The van der Waals surface area contributed by atoms with E-state index in [-0.39, 0.29) is 12.4 Å². The van der Waals surface area contributed by atoms with Crippen molar-refractivity contribution in [1.82, 2.24) is 4.72 Å². The van der Waals surface area contributed by atoms with Crippen molar-refractivity contribution in [1.29, 1.82) is 0 Å². The number of rotatable bonds is 6. The van der Waals surface area contributed by atoms with Gasteiger partial charge in [0.05, 0.1) is 12.4 Å². The smallest absolute Gasteiger partial charge is 0.216 e. The number of aliphatic hydroxyl groups is 1. The van der Waals surface area contributed by atoms with E-state index in [4.69, 9.17) is 5.11 Å². The molecule has 0 unspecified atom stereocenters. The molecule has 0 saturated carbocycles. The maximum absolute atomic E-state index is 12.0. The topological polar surface area (TPSA) is 66.4 Å². The SMILES string of the molecule is Cc1ccc(CNS(=O)(=O)Cc2ccc(CO)cc2)s1. The van der Waals surface area contributed by atoms with Crippen molar-refractivity contribution in [2.24, 2.45) is 0 Å². The van der Waals surface area contributed by atoms with Crippen LogP contribution in [0.5, 0.6) is 0 Å². The molecule has 0 saturated heterocycles. The van der Waals surface area contributed by atoms with Crippen LogP contribution >= 0.6 is 11.3 Å². The van der Waals surface area contributed by atoms with Gasteiger partial charge < -0.3 is 5.11 Å². The Bertz CT molecular complexity index is 660. The third-order valence-electron chi connectivity index (χ3n) is 2.82. The zero-order valence-electron chi connectivity index (χ0n) is 11.2. The number of aryl methyl sites for hydroxylation is 1. The van der Waals surface area contributed by atoms with Crippen molar-refractivity contribution in [3.63, 3.8) is 0 Å². The molecule has 0 fully saturated rings. The van der Waals surface area contributed by atoms with Gasteiger partial charge in [-0.1, -0.05) is 24.3 Å². The predicted octanol–water partition coefficient (Wildman–Crippen LogP) is 2.17. The molecule has 0 aliphatic carbocycles. The van der Waals surface area contributed by atoms with Crippen molar-refractivity contribution in [2.45, 2.75) is 25.8 Å². The summed E-state index contributed by atoms with van der Waals surface area (Å²) in [5, 5.41) is 8.94. The van der Waals surface area contributed by atoms with Gasteiger partial charge in [0, 0.05) is 16.3 Å². The van der Waals surface area contributed by atoms with Crippen molar-refractivity contribution >= 4 is 21.4 Å². The largest absolute Gasteiger partial charge is 0.392 e. The van der Waals surface area contributed by atoms with Crippen LogP contribution in [-0.2, 0) is 28.9 Å². The van der Waals surface area contributed by atoms with Gasteiger partial charge in [0.2, 0.25) is 10.0 Å². The van der Waals surface area contributed by atoms with Crippen LogP contribution in [0, 0.1) is 6.92 Å². The minimum absolute atomic E-state index is 0.0387. The zero-order valence-corrected chi connectivity index (χ0v) is 12.8. The zero-order chi connectivity index (χ0) is 14.6. The van der Waals surface area contributed by atoms with Gasteiger partial charge in [0.15, 0.2) is 0 Å². The fourth-order valence-corrected chi connectivity index (χ4v) is 3.80. The lowest BCUT2D eigenvalue weighted by Crippen LogP contribution is -2.24. The Morgan fingerprint density at radius 2 is 1.75 bits per heavy atom. The number of hydrogen-bond acceptors (Lipinski definition) is 4. The summed E-state index contributed by atoms with van der Waals surface area (Å²) < 4.78 is 26.6. The lowest BCUT2D eigenvalue weighted by molar-refractivity contribution is 0.282. The van der Waals surface area contributed by atoms with E-state index in [9.17, 15) is 8.42 Å². The Hall–Kier alpha value is -1.21. The van der Waals surface area contributed by atoms with Gasteiger partial charge >= 0.3 is 0 Å². The van der Waals surface area contributed by atoms with Crippen LogP contribution in [0.25, 0.3) is 0 Å². The fourth-order valence-electron chi connectivity index (χ4n) is 1.77. The summed E-state index contributed by atoms with van der Waals surface area (Å²) in [6.45, 7) is 2.28. The number of thiophene rings is 1. The second-order valence-electron chi connectivity index (χ2n) is 4.57. The van der Waals surface area contributed by atoms with E-state index in [1.54, 1.807) is 35.6 Å². The van der Waals surface area contributed by atoms with E-state index in [0.717, 1.165) is 10.4 Å². The predicted molar refractivity (Wildman–Crippen MR) is 80.9 cm³/mol. The first-order valence-electron chi connectivity index (χ1n) is 6.20. The number of nitrogens with one attached hydrogen (secondary N) is 1. The molecular formula is C14H17NO3S2. The van der Waals surface area contributed by atoms with Crippen LogP contribution in [-0.4, -0.2) is 13.5 Å². The highest BCUT2D eigenvalue weighted by Gasteiger charge is 2.11. The summed E-state index contributed by atoms with van der Waals surface area (Å²) in [5.74, 6) is -0.0525. The van der Waals surface area contributed by atoms with Crippen molar-refractivity contribution in [3.8, 4) is 0 Å². The molecule has 0 spiro atoms. The number of hydrogen-bond donors (Lipinski definition) is 2. The van der Waals surface area contributed by atoms with Crippen LogP contribution in [0.2, 0.25) is 0 Å². The van der Waals surface area contributed by atoms with Crippen LogP contribution in [0.15, 0.2) is 36.4 Å². The van der Waals surface area contributed by atoms with Gasteiger partial charge in [0.25, 0.3) is 0 Å². The maximum atomic E-state index is 12.0. The van der Waals surface area contributed by atoms with Gasteiger partial charge in [-0.2, -0.15) is 0 Å². The second kappa shape index (κ2) is 6.49. The van der Waals surface area contributed by atoms with Crippen molar-refractivity contribution in [3.05, 3.63) is 57.3 Å².